The zero-order chi connectivity index (χ0) is 12.7. The minimum Gasteiger partial charge on any atom is -0.497 e. The maximum absolute atomic E-state index is 10.9. The predicted molar refractivity (Wildman–Crippen MR) is 66.1 cm³/mol. The van der Waals surface area contributed by atoms with Gasteiger partial charge in [0.15, 0.2) is 6.29 Å². The molecule has 1 rings (SSSR count). The van der Waals surface area contributed by atoms with Crippen molar-refractivity contribution in [2.75, 3.05) is 13.7 Å². The van der Waals surface area contributed by atoms with Crippen LogP contribution in [0.2, 0.25) is 0 Å². The number of ether oxygens (including phenoxy) is 1. The first-order chi connectivity index (χ1) is 8.17. The molecule has 0 bridgehead atoms. The molecule has 0 fully saturated rings. The molecule has 4 heteroatoms. The summed E-state index contributed by atoms with van der Waals surface area (Å²) in [5.41, 5.74) is 1.36. The number of hydrogen-bond acceptors (Lipinski definition) is 3. The van der Waals surface area contributed by atoms with Crippen LogP contribution in [-0.4, -0.2) is 25.8 Å². The average molecular weight is 233 g/mol. The lowest BCUT2D eigenvalue weighted by molar-refractivity contribution is -0.118. The first-order valence-electron chi connectivity index (χ1n) is 5.21. The van der Waals surface area contributed by atoms with Gasteiger partial charge in [0.05, 0.1) is 7.11 Å². The van der Waals surface area contributed by atoms with Crippen molar-refractivity contribution in [2.45, 2.75) is 6.92 Å². The van der Waals surface area contributed by atoms with E-state index in [0.29, 0.717) is 17.9 Å². The van der Waals surface area contributed by atoms with Gasteiger partial charge in [-0.1, -0.05) is 18.2 Å². The third kappa shape index (κ3) is 4.10. The van der Waals surface area contributed by atoms with Crippen LogP contribution >= 0.6 is 0 Å². The smallest absolute Gasteiger partial charge is 0.217 e. The van der Waals surface area contributed by atoms with Crippen LogP contribution in [-0.2, 0) is 4.79 Å². The Hall–Kier alpha value is -2.10. The summed E-state index contributed by atoms with van der Waals surface area (Å²) >= 11 is 0. The molecule has 0 unspecified atom stereocenters. The lowest BCUT2D eigenvalue weighted by Gasteiger charge is -2.03. The van der Waals surface area contributed by atoms with Crippen molar-refractivity contribution in [3.63, 3.8) is 0 Å². The van der Waals surface area contributed by atoms with Gasteiger partial charge in [-0.05, 0) is 17.7 Å². The highest BCUT2D eigenvalue weighted by molar-refractivity contribution is 5.82. The van der Waals surface area contributed by atoms with Crippen LogP contribution in [0.5, 0.6) is 5.75 Å². The number of amides is 1. The van der Waals surface area contributed by atoms with Gasteiger partial charge in [0.25, 0.3) is 0 Å². The van der Waals surface area contributed by atoms with Crippen LogP contribution < -0.4 is 10.1 Å². The van der Waals surface area contributed by atoms with Crippen LogP contribution in [0, 0.1) is 0 Å². The van der Waals surface area contributed by atoms with Crippen molar-refractivity contribution < 1.29 is 14.3 Å². The number of carbonyl (C=O) groups excluding carboxylic acids is 2. The molecular formula is C13H15NO3. The molecule has 0 saturated carbocycles. The Morgan fingerprint density at radius 2 is 2.18 bits per heavy atom. The molecule has 0 aliphatic rings. The molecule has 1 N–H and O–H groups in total. The molecule has 0 radical (unpaired) electrons. The molecule has 1 aromatic rings. The molecule has 0 aliphatic heterocycles. The van der Waals surface area contributed by atoms with Crippen LogP contribution in [0.3, 0.4) is 0 Å². The molecular weight excluding hydrogens is 218 g/mol. The van der Waals surface area contributed by atoms with Crippen LogP contribution in [0.15, 0.2) is 24.3 Å². The van der Waals surface area contributed by atoms with E-state index in [1.54, 1.807) is 37.5 Å². The summed E-state index contributed by atoms with van der Waals surface area (Å²) in [5.74, 6) is 0.561. The van der Waals surface area contributed by atoms with Crippen LogP contribution in [0.1, 0.15) is 22.8 Å². The Bertz CT molecular complexity index is 438. The standard InChI is InChI=1S/C13H15NO3/c1-10(16)14-7-3-4-11-5-6-13(17-2)8-12(11)9-15/h3-6,8-9H,7H2,1-2H3,(H,14,16). The van der Waals surface area contributed by atoms with Gasteiger partial charge in [-0.25, -0.2) is 0 Å². The van der Waals surface area contributed by atoms with E-state index >= 15 is 0 Å². The molecule has 0 spiro atoms. The Balaban J connectivity index is 2.76. The van der Waals surface area contributed by atoms with Crippen molar-refractivity contribution >= 4 is 18.3 Å². The summed E-state index contributed by atoms with van der Waals surface area (Å²) in [7, 11) is 1.55. The van der Waals surface area contributed by atoms with E-state index in [2.05, 4.69) is 5.32 Å². The number of hydrogen-bond donors (Lipinski definition) is 1. The fourth-order valence-electron chi connectivity index (χ4n) is 1.32. The molecule has 0 atom stereocenters. The number of rotatable bonds is 5. The van der Waals surface area contributed by atoms with E-state index in [1.807, 2.05) is 0 Å². The number of nitrogens with one attached hydrogen (secondary N) is 1. The van der Waals surface area contributed by atoms with Gasteiger partial charge < -0.3 is 10.1 Å². The van der Waals surface area contributed by atoms with Gasteiger partial charge in [0, 0.05) is 19.0 Å². The first-order valence-corrected chi connectivity index (χ1v) is 5.21. The van der Waals surface area contributed by atoms with E-state index in [4.69, 9.17) is 4.74 Å². The van der Waals surface area contributed by atoms with E-state index in [1.165, 1.54) is 6.92 Å². The van der Waals surface area contributed by atoms with E-state index in [0.717, 1.165) is 11.8 Å². The Morgan fingerprint density at radius 3 is 2.76 bits per heavy atom. The summed E-state index contributed by atoms with van der Waals surface area (Å²) < 4.78 is 5.03. The molecule has 1 amide bonds. The topological polar surface area (TPSA) is 55.4 Å². The molecule has 90 valence electrons. The van der Waals surface area contributed by atoms with Gasteiger partial charge in [0.1, 0.15) is 5.75 Å². The lowest BCUT2D eigenvalue weighted by Crippen LogP contribution is -2.19. The molecule has 0 heterocycles. The second kappa shape index (κ2) is 6.48. The maximum atomic E-state index is 10.9. The summed E-state index contributed by atoms with van der Waals surface area (Å²) in [4.78, 5) is 21.5. The molecule has 0 aliphatic carbocycles. The minimum atomic E-state index is -0.0833. The zero-order valence-corrected chi connectivity index (χ0v) is 9.90. The Kier molecular flexibility index (Phi) is 4.94. The average Bonchev–Trinajstić information content (AvgIpc) is 2.34. The van der Waals surface area contributed by atoms with Gasteiger partial charge >= 0.3 is 0 Å². The van der Waals surface area contributed by atoms with Gasteiger partial charge in [0.2, 0.25) is 5.91 Å². The third-order valence-corrected chi connectivity index (χ3v) is 2.19. The van der Waals surface area contributed by atoms with E-state index in [-0.39, 0.29) is 5.91 Å². The Morgan fingerprint density at radius 1 is 1.41 bits per heavy atom. The highest BCUT2D eigenvalue weighted by Crippen LogP contribution is 2.17. The SMILES string of the molecule is COc1ccc(C=CCNC(C)=O)c(C=O)c1. The second-order valence-corrected chi connectivity index (χ2v) is 3.45. The normalized spacial score (nSPS) is 10.2. The van der Waals surface area contributed by atoms with Gasteiger partial charge in [-0.15, -0.1) is 0 Å². The quantitative estimate of drug-likeness (QED) is 0.787. The van der Waals surface area contributed by atoms with Crippen molar-refractivity contribution in [3.8, 4) is 5.75 Å². The van der Waals surface area contributed by atoms with Gasteiger partial charge in [-0.2, -0.15) is 0 Å². The van der Waals surface area contributed by atoms with Crippen molar-refractivity contribution in [1.82, 2.24) is 5.32 Å². The monoisotopic (exact) mass is 233 g/mol. The Labute approximate surface area is 100 Å². The third-order valence-electron chi connectivity index (χ3n) is 2.19. The van der Waals surface area contributed by atoms with Gasteiger partial charge in [-0.3, -0.25) is 9.59 Å². The zero-order valence-electron chi connectivity index (χ0n) is 9.90. The van der Waals surface area contributed by atoms with Crippen LogP contribution in [0.4, 0.5) is 0 Å². The van der Waals surface area contributed by atoms with Crippen molar-refractivity contribution in [2.24, 2.45) is 0 Å². The summed E-state index contributed by atoms with van der Waals surface area (Å²) in [6.45, 7) is 1.90. The van der Waals surface area contributed by atoms with E-state index in [9.17, 15) is 9.59 Å². The second-order valence-electron chi connectivity index (χ2n) is 3.45. The van der Waals surface area contributed by atoms with Crippen molar-refractivity contribution in [1.29, 1.82) is 0 Å². The summed E-state index contributed by atoms with van der Waals surface area (Å²) in [5, 5.41) is 2.64. The molecule has 1 aromatic carbocycles. The number of aldehydes is 1. The molecule has 17 heavy (non-hydrogen) atoms. The number of methoxy groups -OCH3 is 1. The summed E-state index contributed by atoms with van der Waals surface area (Å²) in [6.07, 6.45) is 4.36. The molecule has 0 aromatic heterocycles. The number of benzene rings is 1. The van der Waals surface area contributed by atoms with Crippen molar-refractivity contribution in [3.05, 3.63) is 35.4 Å². The molecule has 4 nitrogen and oxygen atoms in total. The predicted octanol–water partition coefficient (Wildman–Crippen LogP) is 1.66. The largest absolute Gasteiger partial charge is 0.497 e. The van der Waals surface area contributed by atoms with Crippen LogP contribution in [0.25, 0.3) is 6.08 Å². The summed E-state index contributed by atoms with van der Waals surface area (Å²) in [6, 6.07) is 5.25. The molecule has 0 saturated heterocycles. The highest BCUT2D eigenvalue weighted by Gasteiger charge is 2.00. The highest BCUT2D eigenvalue weighted by atomic mass is 16.5. The fraction of sp³-hybridized carbons (Fsp3) is 0.231. The lowest BCUT2D eigenvalue weighted by atomic mass is 10.1. The maximum Gasteiger partial charge on any atom is 0.217 e. The first kappa shape index (κ1) is 13.0. The minimum absolute atomic E-state index is 0.0833. The number of carbonyl (C=O) groups is 2. The fourth-order valence-corrected chi connectivity index (χ4v) is 1.32. The van der Waals surface area contributed by atoms with E-state index < -0.39 is 0 Å².